The standard InChI is InChI=1S/C9H19NO2/c1-4-6-7-9(11)10-8(3)12-5-2/h8H,4-7H2,1-3H3,(H,10,11). The lowest BCUT2D eigenvalue weighted by molar-refractivity contribution is -0.125. The Morgan fingerprint density at radius 3 is 2.67 bits per heavy atom. The van der Waals surface area contributed by atoms with E-state index in [1.54, 1.807) is 0 Å². The minimum atomic E-state index is -0.153. The molecule has 0 bridgehead atoms. The molecule has 12 heavy (non-hydrogen) atoms. The molecule has 0 saturated carbocycles. The molecule has 1 unspecified atom stereocenters. The summed E-state index contributed by atoms with van der Waals surface area (Å²) in [6.45, 7) is 6.45. The number of amides is 1. The van der Waals surface area contributed by atoms with Crippen LogP contribution < -0.4 is 5.32 Å². The number of carbonyl (C=O) groups excluding carboxylic acids is 1. The number of ether oxygens (including phenoxy) is 1. The van der Waals surface area contributed by atoms with Crippen molar-refractivity contribution in [3.63, 3.8) is 0 Å². The third-order valence-corrected chi connectivity index (χ3v) is 1.54. The van der Waals surface area contributed by atoms with Gasteiger partial charge in [0.1, 0.15) is 6.23 Å². The van der Waals surface area contributed by atoms with Gasteiger partial charge in [-0.2, -0.15) is 0 Å². The van der Waals surface area contributed by atoms with Gasteiger partial charge in [0, 0.05) is 13.0 Å². The second kappa shape index (κ2) is 7.10. The van der Waals surface area contributed by atoms with Gasteiger partial charge >= 0.3 is 0 Å². The topological polar surface area (TPSA) is 38.3 Å². The number of rotatable bonds is 6. The number of unbranched alkanes of at least 4 members (excludes halogenated alkanes) is 1. The van der Waals surface area contributed by atoms with Crippen LogP contribution in [-0.4, -0.2) is 18.7 Å². The third-order valence-electron chi connectivity index (χ3n) is 1.54. The van der Waals surface area contributed by atoms with E-state index in [0.717, 1.165) is 12.8 Å². The lowest BCUT2D eigenvalue weighted by atomic mass is 10.2. The minimum absolute atomic E-state index is 0.0813. The van der Waals surface area contributed by atoms with E-state index in [1.165, 1.54) is 0 Å². The fourth-order valence-corrected chi connectivity index (χ4v) is 0.928. The summed E-state index contributed by atoms with van der Waals surface area (Å²) in [5, 5.41) is 2.75. The highest BCUT2D eigenvalue weighted by Gasteiger charge is 2.04. The second-order valence-electron chi connectivity index (χ2n) is 2.77. The number of nitrogens with one attached hydrogen (secondary N) is 1. The van der Waals surface area contributed by atoms with Crippen LogP contribution >= 0.6 is 0 Å². The summed E-state index contributed by atoms with van der Waals surface area (Å²) >= 11 is 0. The molecule has 0 aromatic carbocycles. The largest absolute Gasteiger partial charge is 0.359 e. The van der Waals surface area contributed by atoms with Crippen LogP contribution in [0.5, 0.6) is 0 Å². The maximum atomic E-state index is 11.1. The zero-order valence-corrected chi connectivity index (χ0v) is 8.22. The molecule has 1 amide bonds. The average Bonchev–Trinajstić information content (AvgIpc) is 2.01. The van der Waals surface area contributed by atoms with Gasteiger partial charge in [0.2, 0.25) is 5.91 Å². The molecular weight excluding hydrogens is 154 g/mol. The molecule has 0 aromatic heterocycles. The lowest BCUT2D eigenvalue weighted by Gasteiger charge is -2.12. The van der Waals surface area contributed by atoms with Crippen LogP contribution in [0.2, 0.25) is 0 Å². The molecule has 0 aromatic rings. The maximum absolute atomic E-state index is 11.1. The highest BCUT2D eigenvalue weighted by Crippen LogP contribution is 1.94. The molecule has 0 rings (SSSR count). The van der Waals surface area contributed by atoms with Crippen LogP contribution in [0.1, 0.15) is 40.0 Å². The Labute approximate surface area is 74.5 Å². The van der Waals surface area contributed by atoms with E-state index in [9.17, 15) is 4.79 Å². The zero-order chi connectivity index (χ0) is 9.40. The van der Waals surface area contributed by atoms with Crippen molar-refractivity contribution in [1.82, 2.24) is 5.32 Å². The zero-order valence-electron chi connectivity index (χ0n) is 8.22. The Balaban J connectivity index is 3.40. The summed E-state index contributed by atoms with van der Waals surface area (Å²) in [4.78, 5) is 11.1. The van der Waals surface area contributed by atoms with Crippen LogP contribution in [-0.2, 0) is 9.53 Å². The van der Waals surface area contributed by atoms with Crippen molar-refractivity contribution >= 4 is 5.91 Å². The maximum Gasteiger partial charge on any atom is 0.221 e. The molecule has 0 radical (unpaired) electrons. The van der Waals surface area contributed by atoms with Crippen molar-refractivity contribution in [3.8, 4) is 0 Å². The molecular formula is C9H19NO2. The van der Waals surface area contributed by atoms with Crippen molar-refractivity contribution in [1.29, 1.82) is 0 Å². The molecule has 0 fully saturated rings. The molecule has 3 nitrogen and oxygen atoms in total. The SMILES string of the molecule is CCCCC(=O)NC(C)OCC. The molecule has 0 aliphatic carbocycles. The Morgan fingerprint density at radius 1 is 1.50 bits per heavy atom. The fraction of sp³-hybridized carbons (Fsp3) is 0.889. The van der Waals surface area contributed by atoms with Gasteiger partial charge in [0.15, 0.2) is 0 Å². The van der Waals surface area contributed by atoms with Gasteiger partial charge in [-0.3, -0.25) is 4.79 Å². The predicted octanol–water partition coefficient (Wildman–Crippen LogP) is 1.68. The highest BCUT2D eigenvalue weighted by molar-refractivity contribution is 5.75. The first kappa shape index (κ1) is 11.4. The Morgan fingerprint density at radius 2 is 2.17 bits per heavy atom. The van der Waals surface area contributed by atoms with Gasteiger partial charge in [0.05, 0.1) is 0 Å². The number of hydrogen-bond donors (Lipinski definition) is 1. The first-order valence-electron chi connectivity index (χ1n) is 4.61. The third kappa shape index (κ3) is 6.16. The first-order chi connectivity index (χ1) is 5.70. The van der Waals surface area contributed by atoms with E-state index >= 15 is 0 Å². The average molecular weight is 173 g/mol. The van der Waals surface area contributed by atoms with Crippen LogP contribution in [0.3, 0.4) is 0 Å². The highest BCUT2D eigenvalue weighted by atomic mass is 16.5. The van der Waals surface area contributed by atoms with E-state index in [4.69, 9.17) is 4.74 Å². The fourth-order valence-electron chi connectivity index (χ4n) is 0.928. The van der Waals surface area contributed by atoms with Crippen LogP contribution in [0, 0.1) is 0 Å². The molecule has 3 heteroatoms. The van der Waals surface area contributed by atoms with Crippen molar-refractivity contribution in [2.24, 2.45) is 0 Å². The molecule has 0 spiro atoms. The molecule has 72 valence electrons. The van der Waals surface area contributed by atoms with E-state index in [-0.39, 0.29) is 12.1 Å². The van der Waals surface area contributed by atoms with Gasteiger partial charge in [-0.15, -0.1) is 0 Å². The summed E-state index contributed by atoms with van der Waals surface area (Å²) in [6, 6.07) is 0. The van der Waals surface area contributed by atoms with Crippen LogP contribution in [0.15, 0.2) is 0 Å². The monoisotopic (exact) mass is 173 g/mol. The molecule has 0 aliphatic rings. The van der Waals surface area contributed by atoms with Gasteiger partial charge in [0.25, 0.3) is 0 Å². The summed E-state index contributed by atoms with van der Waals surface area (Å²) in [7, 11) is 0. The normalized spacial score (nSPS) is 12.6. The predicted molar refractivity (Wildman–Crippen MR) is 48.8 cm³/mol. The van der Waals surface area contributed by atoms with Crippen LogP contribution in [0.4, 0.5) is 0 Å². The smallest absolute Gasteiger partial charge is 0.221 e. The Hall–Kier alpha value is -0.570. The number of carbonyl (C=O) groups is 1. The number of hydrogen-bond acceptors (Lipinski definition) is 2. The summed E-state index contributed by atoms with van der Waals surface area (Å²) in [5.41, 5.74) is 0. The van der Waals surface area contributed by atoms with E-state index < -0.39 is 0 Å². The van der Waals surface area contributed by atoms with Crippen molar-refractivity contribution in [2.45, 2.75) is 46.3 Å². The van der Waals surface area contributed by atoms with Gasteiger partial charge in [-0.1, -0.05) is 13.3 Å². The molecule has 1 atom stereocenters. The summed E-state index contributed by atoms with van der Waals surface area (Å²) in [6.07, 6.45) is 2.45. The van der Waals surface area contributed by atoms with Gasteiger partial charge in [-0.05, 0) is 20.3 Å². The van der Waals surface area contributed by atoms with Crippen molar-refractivity contribution in [3.05, 3.63) is 0 Å². The Bertz CT molecular complexity index is 126. The first-order valence-corrected chi connectivity index (χ1v) is 4.61. The van der Waals surface area contributed by atoms with Gasteiger partial charge < -0.3 is 10.1 Å². The molecule has 0 aliphatic heterocycles. The van der Waals surface area contributed by atoms with E-state index in [2.05, 4.69) is 12.2 Å². The van der Waals surface area contributed by atoms with Gasteiger partial charge in [-0.25, -0.2) is 0 Å². The van der Waals surface area contributed by atoms with Crippen LogP contribution in [0.25, 0.3) is 0 Å². The lowest BCUT2D eigenvalue weighted by Crippen LogP contribution is -2.34. The quantitative estimate of drug-likeness (QED) is 0.620. The van der Waals surface area contributed by atoms with E-state index in [0.29, 0.717) is 13.0 Å². The summed E-state index contributed by atoms with van der Waals surface area (Å²) < 4.78 is 5.16. The van der Waals surface area contributed by atoms with Crippen molar-refractivity contribution in [2.75, 3.05) is 6.61 Å². The molecule has 1 N–H and O–H groups in total. The van der Waals surface area contributed by atoms with Crippen molar-refractivity contribution < 1.29 is 9.53 Å². The Kier molecular flexibility index (Phi) is 6.76. The minimum Gasteiger partial charge on any atom is -0.359 e. The summed E-state index contributed by atoms with van der Waals surface area (Å²) in [5.74, 6) is 0.0813. The molecule has 0 saturated heterocycles. The van der Waals surface area contributed by atoms with E-state index in [1.807, 2.05) is 13.8 Å². The second-order valence-corrected chi connectivity index (χ2v) is 2.77. The molecule has 0 heterocycles.